The molecule has 0 aromatic carbocycles. The second-order valence-electron chi connectivity index (χ2n) is 9.03. The molecule has 10 nitrogen and oxygen atoms in total. The molecule has 3 N–H and O–H groups in total. The highest BCUT2D eigenvalue weighted by Crippen LogP contribution is 2.32. The van der Waals surface area contributed by atoms with Crippen molar-refractivity contribution in [3.05, 3.63) is 60.2 Å². The molecule has 0 bridgehead atoms. The number of pyridine rings is 2. The highest BCUT2D eigenvalue weighted by Gasteiger charge is 2.40. The largest absolute Gasteiger partial charge is 0.490 e. The summed E-state index contributed by atoms with van der Waals surface area (Å²) in [6.45, 7) is 7.04. The number of fused-ring (bicyclic) bond motifs is 1. The van der Waals surface area contributed by atoms with Gasteiger partial charge in [0.05, 0.1) is 0 Å². The van der Waals surface area contributed by atoms with Crippen LogP contribution in [0.2, 0.25) is 0 Å². The maximum absolute atomic E-state index is 10.6. The summed E-state index contributed by atoms with van der Waals surface area (Å²) in [6.07, 6.45) is -7.63. The number of aromatic nitrogens is 2. The van der Waals surface area contributed by atoms with Crippen molar-refractivity contribution in [1.29, 1.82) is 0 Å². The van der Waals surface area contributed by atoms with E-state index in [2.05, 4.69) is 38.0 Å². The van der Waals surface area contributed by atoms with Crippen LogP contribution < -0.4 is 0 Å². The molecule has 2 aliphatic rings. The van der Waals surface area contributed by atoms with E-state index in [-0.39, 0.29) is 0 Å². The van der Waals surface area contributed by atoms with E-state index in [0.29, 0.717) is 0 Å². The van der Waals surface area contributed by atoms with E-state index in [0.717, 1.165) is 24.9 Å². The monoisotopic (exact) mass is 636 g/mol. The molecule has 2 atom stereocenters. The van der Waals surface area contributed by atoms with Crippen LogP contribution in [0.3, 0.4) is 0 Å². The molecular weight excluding hydrogens is 611 g/mol. The third-order valence-electron chi connectivity index (χ3n) is 5.65. The molecule has 4 rings (SSSR count). The molecule has 2 saturated heterocycles. The number of aliphatic carboxylic acids is 3. The van der Waals surface area contributed by atoms with Crippen molar-refractivity contribution >= 4 is 17.9 Å². The molecule has 2 fully saturated rings. The van der Waals surface area contributed by atoms with Gasteiger partial charge in [-0.15, -0.1) is 0 Å². The summed E-state index contributed by atoms with van der Waals surface area (Å²) in [7, 11) is 0. The van der Waals surface area contributed by atoms with Gasteiger partial charge in [-0.2, -0.15) is 39.5 Å². The average Bonchev–Trinajstić information content (AvgIpc) is 3.42. The maximum atomic E-state index is 10.6. The Morgan fingerprint density at radius 3 is 1.28 bits per heavy atom. The number of halogens is 9. The Balaban J connectivity index is 0.000000363. The predicted molar refractivity (Wildman–Crippen MR) is 127 cm³/mol. The van der Waals surface area contributed by atoms with Gasteiger partial charge in [-0.1, -0.05) is 6.07 Å². The zero-order valence-electron chi connectivity index (χ0n) is 21.8. The molecule has 0 aliphatic carbocycles. The van der Waals surface area contributed by atoms with E-state index in [9.17, 15) is 39.5 Å². The van der Waals surface area contributed by atoms with Crippen LogP contribution in [-0.4, -0.2) is 97.7 Å². The van der Waals surface area contributed by atoms with Crippen molar-refractivity contribution in [3.63, 3.8) is 0 Å². The number of carboxylic acids is 3. The molecule has 43 heavy (non-hydrogen) atoms. The van der Waals surface area contributed by atoms with E-state index in [1.807, 2.05) is 30.9 Å². The summed E-state index contributed by atoms with van der Waals surface area (Å²) >= 11 is 0. The van der Waals surface area contributed by atoms with Gasteiger partial charge in [0.15, 0.2) is 0 Å². The molecule has 19 heteroatoms. The summed E-state index contributed by atoms with van der Waals surface area (Å²) in [6, 6.07) is 8.46. The fraction of sp³-hybridized carbons (Fsp3) is 0.458. The number of carbonyl (C=O) groups is 3. The van der Waals surface area contributed by atoms with E-state index >= 15 is 0 Å². The molecule has 240 valence electrons. The summed E-state index contributed by atoms with van der Waals surface area (Å²) in [4.78, 5) is 40.2. The number of rotatable bonds is 4. The zero-order chi connectivity index (χ0) is 33.0. The normalized spacial score (nSPS) is 18.5. The number of hydrogen-bond donors (Lipinski definition) is 3. The second kappa shape index (κ2) is 16.0. The third-order valence-corrected chi connectivity index (χ3v) is 5.65. The fourth-order valence-electron chi connectivity index (χ4n) is 3.94. The smallest absolute Gasteiger partial charge is 0.475 e. The fourth-order valence-corrected chi connectivity index (χ4v) is 3.94. The lowest BCUT2D eigenvalue weighted by Gasteiger charge is -2.21. The zero-order valence-corrected chi connectivity index (χ0v) is 21.8. The first-order chi connectivity index (χ1) is 19.7. The Morgan fingerprint density at radius 2 is 0.977 bits per heavy atom. The van der Waals surface area contributed by atoms with Crippen LogP contribution in [-0.2, 0) is 27.5 Å². The molecule has 2 aliphatic heterocycles. The lowest BCUT2D eigenvalue weighted by molar-refractivity contribution is -0.193. The van der Waals surface area contributed by atoms with Crippen molar-refractivity contribution in [2.24, 2.45) is 11.8 Å². The molecule has 2 aromatic rings. The van der Waals surface area contributed by atoms with Crippen molar-refractivity contribution in [1.82, 2.24) is 19.8 Å². The van der Waals surface area contributed by atoms with Crippen molar-refractivity contribution in [3.8, 4) is 0 Å². The van der Waals surface area contributed by atoms with Crippen LogP contribution in [0, 0.1) is 11.8 Å². The van der Waals surface area contributed by atoms with Gasteiger partial charge in [0.2, 0.25) is 0 Å². The van der Waals surface area contributed by atoms with E-state index in [1.54, 1.807) is 0 Å². The lowest BCUT2D eigenvalue weighted by atomic mass is 10.0. The SMILES string of the molecule is O=C(O)C(F)(F)F.O=C(O)C(F)(F)F.O=C(O)C(F)(F)F.c1cncc(CN2CC3CN(Cc4ccncc4)CC3C2)c1. The first-order valence-electron chi connectivity index (χ1n) is 11.8. The highest BCUT2D eigenvalue weighted by molar-refractivity contribution is 5.73. The van der Waals surface area contributed by atoms with Crippen LogP contribution in [0.25, 0.3) is 0 Å². The molecular formula is C24H25F9N4O6. The van der Waals surface area contributed by atoms with Gasteiger partial charge >= 0.3 is 36.4 Å². The lowest BCUT2D eigenvalue weighted by Crippen LogP contribution is -2.28. The van der Waals surface area contributed by atoms with Gasteiger partial charge in [0.1, 0.15) is 0 Å². The Bertz CT molecular complexity index is 1040. The summed E-state index contributed by atoms with van der Waals surface area (Å²) < 4.78 is 95.2. The average molecular weight is 636 g/mol. The van der Waals surface area contributed by atoms with Gasteiger partial charge in [0, 0.05) is 64.1 Å². The Kier molecular flexibility index (Phi) is 13.8. The standard InChI is InChI=1S/C18H22N4.3C2HF3O2/c1-2-16(8-20-5-1)10-22-13-17-11-21(12-18(17)14-22)9-15-3-6-19-7-4-15;3*3-2(4,5)1(6)7/h1-8,17-18H,9-14H2;3*(H,6,7). The number of nitrogens with zero attached hydrogens (tertiary/aromatic N) is 4. The minimum absolute atomic E-state index is 0.832. The summed E-state index contributed by atoms with van der Waals surface area (Å²) in [5.74, 6) is -6.61. The number of hydrogen-bond acceptors (Lipinski definition) is 7. The van der Waals surface area contributed by atoms with Crippen LogP contribution in [0.15, 0.2) is 49.1 Å². The Hall–Kier alpha value is -4.00. The van der Waals surface area contributed by atoms with Crippen LogP contribution in [0.4, 0.5) is 39.5 Å². The number of alkyl halides is 9. The molecule has 2 unspecified atom stereocenters. The quantitative estimate of drug-likeness (QED) is 0.423. The van der Waals surface area contributed by atoms with E-state index in [1.165, 1.54) is 37.3 Å². The van der Waals surface area contributed by atoms with Crippen molar-refractivity contribution in [2.45, 2.75) is 31.6 Å². The minimum Gasteiger partial charge on any atom is -0.475 e. The van der Waals surface area contributed by atoms with Crippen LogP contribution >= 0.6 is 0 Å². The maximum Gasteiger partial charge on any atom is 0.490 e. The summed E-state index contributed by atoms with van der Waals surface area (Å²) in [5, 5.41) is 21.4. The first kappa shape index (κ1) is 37.0. The van der Waals surface area contributed by atoms with Gasteiger partial charge in [0.25, 0.3) is 0 Å². The molecule has 0 saturated carbocycles. The van der Waals surface area contributed by atoms with Crippen molar-refractivity contribution < 1.29 is 69.2 Å². The number of likely N-dealkylation sites (tertiary alicyclic amines) is 2. The second-order valence-corrected chi connectivity index (χ2v) is 9.03. The molecule has 2 aromatic heterocycles. The van der Waals surface area contributed by atoms with Gasteiger partial charge in [-0.05, 0) is 41.2 Å². The Morgan fingerprint density at radius 1 is 0.628 bits per heavy atom. The van der Waals surface area contributed by atoms with Gasteiger partial charge in [-0.25, -0.2) is 14.4 Å². The first-order valence-corrected chi connectivity index (χ1v) is 11.8. The van der Waals surface area contributed by atoms with Crippen molar-refractivity contribution in [2.75, 3.05) is 26.2 Å². The van der Waals surface area contributed by atoms with Crippen LogP contribution in [0.5, 0.6) is 0 Å². The minimum atomic E-state index is -5.08. The third kappa shape index (κ3) is 14.6. The molecule has 0 radical (unpaired) electrons. The van der Waals surface area contributed by atoms with Gasteiger partial charge < -0.3 is 15.3 Å². The summed E-state index contributed by atoms with van der Waals surface area (Å²) in [5.41, 5.74) is 2.71. The molecule has 4 heterocycles. The highest BCUT2D eigenvalue weighted by atomic mass is 19.4. The topological polar surface area (TPSA) is 144 Å². The number of carboxylic acid groups (broad SMARTS) is 3. The van der Waals surface area contributed by atoms with Crippen LogP contribution in [0.1, 0.15) is 11.1 Å². The van der Waals surface area contributed by atoms with Gasteiger partial charge in [-0.3, -0.25) is 19.8 Å². The van der Waals surface area contributed by atoms with E-state index in [4.69, 9.17) is 29.7 Å². The molecule has 0 spiro atoms. The Labute approximate surface area is 237 Å². The predicted octanol–water partition coefficient (Wildman–Crippen LogP) is 3.94. The van der Waals surface area contributed by atoms with E-state index < -0.39 is 36.4 Å². The molecule has 0 amide bonds.